The molecule has 2 heterocycles. The molecule has 0 aromatic carbocycles. The van der Waals surface area contributed by atoms with Gasteiger partial charge in [0.2, 0.25) is 0 Å². The Hall–Kier alpha value is -2.19. The van der Waals surface area contributed by atoms with E-state index in [1.165, 1.54) is 38.7 Å². The van der Waals surface area contributed by atoms with Crippen LogP contribution in [0.15, 0.2) is 11.4 Å². The Labute approximate surface area is 163 Å². The van der Waals surface area contributed by atoms with Crippen molar-refractivity contribution in [3.8, 4) is 22.9 Å². The molecule has 2 aromatic rings. The maximum atomic E-state index is 11.9. The zero-order valence-electron chi connectivity index (χ0n) is 16.4. The van der Waals surface area contributed by atoms with Gasteiger partial charge in [0.05, 0.1) is 31.9 Å². The number of rotatable bonds is 9. The Bertz CT molecular complexity index is 783. The summed E-state index contributed by atoms with van der Waals surface area (Å²) in [6, 6.07) is 1.48. The van der Waals surface area contributed by atoms with Crippen LogP contribution in [0.5, 0.6) is 11.5 Å². The number of pyridine rings is 1. The second-order valence-electron chi connectivity index (χ2n) is 6.73. The standard InChI is InChI=1S/C19H26N2O5S/c1-19(2,23)9-7-6-8-15-20-13(11-27-15)16-17(25-4)14(24-3)10-12(21-16)18(22)26-5/h10-11,23H,6-9H2,1-5H3. The molecule has 0 saturated heterocycles. The number of aromatic nitrogens is 2. The van der Waals surface area contributed by atoms with Gasteiger partial charge in [-0.1, -0.05) is 6.42 Å². The highest BCUT2D eigenvalue weighted by Crippen LogP contribution is 2.37. The van der Waals surface area contributed by atoms with Crippen LogP contribution < -0.4 is 9.47 Å². The Morgan fingerprint density at radius 1 is 1.19 bits per heavy atom. The van der Waals surface area contributed by atoms with Gasteiger partial charge in [0.25, 0.3) is 0 Å². The van der Waals surface area contributed by atoms with Crippen LogP contribution in [0.2, 0.25) is 0 Å². The highest BCUT2D eigenvalue weighted by molar-refractivity contribution is 7.09. The molecule has 2 aromatic heterocycles. The van der Waals surface area contributed by atoms with E-state index < -0.39 is 11.6 Å². The minimum Gasteiger partial charge on any atom is -0.493 e. The molecule has 0 atom stereocenters. The molecule has 0 bridgehead atoms. The largest absolute Gasteiger partial charge is 0.493 e. The fourth-order valence-corrected chi connectivity index (χ4v) is 3.44. The molecular weight excluding hydrogens is 368 g/mol. The van der Waals surface area contributed by atoms with Crippen LogP contribution in [0.1, 0.15) is 48.6 Å². The van der Waals surface area contributed by atoms with Gasteiger partial charge in [0.15, 0.2) is 17.2 Å². The Morgan fingerprint density at radius 2 is 1.93 bits per heavy atom. The summed E-state index contributed by atoms with van der Waals surface area (Å²) in [6.45, 7) is 3.63. The van der Waals surface area contributed by atoms with Gasteiger partial charge in [0, 0.05) is 11.4 Å². The minimum absolute atomic E-state index is 0.130. The van der Waals surface area contributed by atoms with E-state index in [1.807, 2.05) is 19.2 Å². The van der Waals surface area contributed by atoms with Crippen LogP contribution in [-0.4, -0.2) is 48.0 Å². The molecule has 0 fully saturated rings. The minimum atomic E-state index is -0.643. The van der Waals surface area contributed by atoms with E-state index in [-0.39, 0.29) is 5.69 Å². The first kappa shape index (κ1) is 21.1. The second-order valence-corrected chi connectivity index (χ2v) is 7.67. The van der Waals surface area contributed by atoms with Crippen LogP contribution >= 0.6 is 11.3 Å². The molecule has 8 heteroatoms. The molecule has 0 saturated carbocycles. The van der Waals surface area contributed by atoms with E-state index >= 15 is 0 Å². The number of aliphatic hydroxyl groups is 1. The number of carbonyl (C=O) groups is 1. The normalized spacial score (nSPS) is 11.3. The third-order valence-corrected chi connectivity index (χ3v) is 4.89. The molecule has 0 amide bonds. The van der Waals surface area contributed by atoms with Gasteiger partial charge < -0.3 is 19.3 Å². The number of carbonyl (C=O) groups excluding carboxylic acids is 1. The number of unbranched alkanes of at least 4 members (excludes halogenated alkanes) is 1. The molecule has 0 spiro atoms. The van der Waals surface area contributed by atoms with Crippen LogP contribution in [0.4, 0.5) is 0 Å². The highest BCUT2D eigenvalue weighted by Gasteiger charge is 2.21. The van der Waals surface area contributed by atoms with Gasteiger partial charge in [-0.25, -0.2) is 14.8 Å². The number of esters is 1. The lowest BCUT2D eigenvalue weighted by Crippen LogP contribution is -2.17. The number of methoxy groups -OCH3 is 3. The molecule has 7 nitrogen and oxygen atoms in total. The number of hydrogen-bond acceptors (Lipinski definition) is 8. The number of aryl methyl sites for hydroxylation is 1. The van der Waals surface area contributed by atoms with Crippen LogP contribution in [0, 0.1) is 0 Å². The monoisotopic (exact) mass is 394 g/mol. The predicted octanol–water partition coefficient (Wildman–Crippen LogP) is 3.49. The van der Waals surface area contributed by atoms with Crippen molar-refractivity contribution in [3.05, 3.63) is 22.1 Å². The summed E-state index contributed by atoms with van der Waals surface area (Å²) in [5, 5.41) is 12.6. The van der Waals surface area contributed by atoms with E-state index in [0.717, 1.165) is 30.7 Å². The van der Waals surface area contributed by atoms with Crippen molar-refractivity contribution in [2.75, 3.05) is 21.3 Å². The van der Waals surface area contributed by atoms with Gasteiger partial charge in [-0.3, -0.25) is 0 Å². The molecule has 2 rings (SSSR count). The van der Waals surface area contributed by atoms with E-state index in [0.29, 0.717) is 22.9 Å². The first-order chi connectivity index (χ1) is 12.8. The van der Waals surface area contributed by atoms with Crippen molar-refractivity contribution in [3.63, 3.8) is 0 Å². The topological polar surface area (TPSA) is 90.8 Å². The SMILES string of the molecule is COC(=O)c1cc(OC)c(OC)c(-c2csc(CCCCC(C)(C)O)n2)n1. The summed E-state index contributed by atoms with van der Waals surface area (Å²) in [6.07, 6.45) is 3.43. The molecule has 0 aliphatic rings. The van der Waals surface area contributed by atoms with Gasteiger partial charge in [-0.05, 0) is 33.1 Å². The molecule has 0 aliphatic heterocycles. The Kier molecular flexibility index (Phi) is 7.15. The molecule has 0 unspecified atom stereocenters. The van der Waals surface area contributed by atoms with Gasteiger partial charge in [-0.15, -0.1) is 11.3 Å². The molecule has 148 valence electrons. The summed E-state index contributed by atoms with van der Waals surface area (Å²) in [5.41, 5.74) is 0.551. The summed E-state index contributed by atoms with van der Waals surface area (Å²) in [5.74, 6) is 0.255. The zero-order chi connectivity index (χ0) is 20.0. The van der Waals surface area contributed by atoms with Crippen molar-refractivity contribution in [2.45, 2.75) is 45.1 Å². The molecular formula is C19H26N2O5S. The van der Waals surface area contributed by atoms with E-state index in [2.05, 4.69) is 9.97 Å². The van der Waals surface area contributed by atoms with E-state index in [4.69, 9.17) is 14.2 Å². The van der Waals surface area contributed by atoms with Crippen molar-refractivity contribution in [1.82, 2.24) is 9.97 Å². The summed E-state index contributed by atoms with van der Waals surface area (Å²) < 4.78 is 15.5. The average Bonchev–Trinajstić information content (AvgIpc) is 3.11. The Morgan fingerprint density at radius 3 is 2.52 bits per heavy atom. The lowest BCUT2D eigenvalue weighted by molar-refractivity contribution is 0.0593. The zero-order valence-corrected chi connectivity index (χ0v) is 17.2. The van der Waals surface area contributed by atoms with E-state index in [1.54, 1.807) is 0 Å². The fraction of sp³-hybridized carbons (Fsp3) is 0.526. The molecule has 0 radical (unpaired) electrons. The van der Waals surface area contributed by atoms with Crippen LogP contribution in [-0.2, 0) is 11.2 Å². The Balaban J connectivity index is 2.24. The molecule has 1 N–H and O–H groups in total. The summed E-state index contributed by atoms with van der Waals surface area (Å²) >= 11 is 1.53. The second kappa shape index (κ2) is 9.14. The van der Waals surface area contributed by atoms with Gasteiger partial charge >= 0.3 is 5.97 Å². The highest BCUT2D eigenvalue weighted by atomic mass is 32.1. The van der Waals surface area contributed by atoms with Crippen molar-refractivity contribution in [2.24, 2.45) is 0 Å². The third-order valence-electron chi connectivity index (χ3n) is 3.98. The predicted molar refractivity (Wildman–Crippen MR) is 104 cm³/mol. The summed E-state index contributed by atoms with van der Waals surface area (Å²) in [7, 11) is 4.32. The number of hydrogen-bond donors (Lipinski definition) is 1. The lowest BCUT2D eigenvalue weighted by Gasteiger charge is -2.15. The van der Waals surface area contributed by atoms with Gasteiger partial charge in [0.1, 0.15) is 11.4 Å². The first-order valence-corrected chi connectivity index (χ1v) is 9.55. The number of ether oxygens (including phenoxy) is 3. The van der Waals surface area contributed by atoms with Crippen LogP contribution in [0.3, 0.4) is 0 Å². The third kappa shape index (κ3) is 5.64. The average molecular weight is 394 g/mol. The van der Waals surface area contributed by atoms with Crippen molar-refractivity contribution < 1.29 is 24.1 Å². The molecule has 27 heavy (non-hydrogen) atoms. The summed E-state index contributed by atoms with van der Waals surface area (Å²) in [4.78, 5) is 20.9. The molecule has 0 aliphatic carbocycles. The van der Waals surface area contributed by atoms with Crippen LogP contribution in [0.25, 0.3) is 11.4 Å². The first-order valence-electron chi connectivity index (χ1n) is 8.67. The smallest absolute Gasteiger partial charge is 0.356 e. The van der Waals surface area contributed by atoms with E-state index in [9.17, 15) is 9.90 Å². The van der Waals surface area contributed by atoms with Crippen molar-refractivity contribution >= 4 is 17.3 Å². The quantitative estimate of drug-likeness (QED) is 0.514. The van der Waals surface area contributed by atoms with Gasteiger partial charge in [-0.2, -0.15) is 0 Å². The maximum absolute atomic E-state index is 11.9. The number of nitrogens with zero attached hydrogens (tertiary/aromatic N) is 2. The maximum Gasteiger partial charge on any atom is 0.356 e. The lowest BCUT2D eigenvalue weighted by atomic mass is 10.0. The fourth-order valence-electron chi connectivity index (χ4n) is 2.61. The number of thiazole rings is 1. The van der Waals surface area contributed by atoms with Crippen molar-refractivity contribution in [1.29, 1.82) is 0 Å².